The summed E-state index contributed by atoms with van der Waals surface area (Å²) in [6, 6.07) is 1.07. The number of carboxylic acid groups (broad SMARTS) is 1. The van der Waals surface area contributed by atoms with Gasteiger partial charge in [0.25, 0.3) is 0 Å². The van der Waals surface area contributed by atoms with E-state index in [0.29, 0.717) is 24.8 Å². The average Bonchev–Trinajstić information content (AvgIpc) is 3.82. The van der Waals surface area contributed by atoms with Crippen LogP contribution in [0, 0.1) is 0 Å². The lowest BCUT2D eigenvalue weighted by molar-refractivity contribution is -0.143. The maximum absolute atomic E-state index is 14.3. The molecule has 2 fully saturated rings. The molecule has 0 radical (unpaired) electrons. The summed E-state index contributed by atoms with van der Waals surface area (Å²) >= 11 is 0. The van der Waals surface area contributed by atoms with Gasteiger partial charge in [0.2, 0.25) is 41.4 Å². The van der Waals surface area contributed by atoms with Crippen LogP contribution in [0.25, 0.3) is 10.9 Å². The van der Waals surface area contributed by atoms with Crippen molar-refractivity contribution >= 4 is 85.8 Å². The molecule has 0 spiro atoms. The van der Waals surface area contributed by atoms with Crippen molar-refractivity contribution in [3.8, 4) is 0 Å². The number of nitrogens with zero attached hydrogens (tertiary/aromatic N) is 2. The summed E-state index contributed by atoms with van der Waals surface area (Å²) in [6.07, 6.45) is 2.48. The fourth-order valence-electron chi connectivity index (χ4n) is 6.39. The Morgan fingerprint density at radius 3 is 2.37 bits per heavy atom. The molecule has 1 aromatic heterocycles. The van der Waals surface area contributed by atoms with Gasteiger partial charge in [-0.25, -0.2) is 0 Å². The number of nitrogens with one attached hydrogen (secondary N) is 6. The molecule has 310 valence electrons. The number of rotatable bonds is 10. The number of aromatic nitrogens is 1. The van der Waals surface area contributed by atoms with Gasteiger partial charge < -0.3 is 58.8 Å². The standard InChI is InChI=1S/C35H49N11O9S2/c36-30(51)25-18-57-56-13-10-27(47)42-22(8-3-4-11-39-35(37)38)31(52)41-17-28(48)43-23(15-29(49)50)32(53)44-24(14-19-16-40-21-7-2-1-6-20(19)21)34(55)46-12-5-9-26(46)33(54)45-25/h1-2,6-7,16,22-26,40H,3-5,8-15,17-18H2,(H2,36,51)(H,41,52)(H,42,47)(H,43,48)(H,44,53)(H,45,54)(H,49,50)(H4,37,38,39)/t22-,23?,24-,25-,26?/m0/s1. The molecule has 57 heavy (non-hydrogen) atoms. The van der Waals surface area contributed by atoms with Gasteiger partial charge in [0, 0.05) is 54.5 Å². The summed E-state index contributed by atoms with van der Waals surface area (Å²) in [5.74, 6) is -6.35. The maximum atomic E-state index is 14.3. The molecule has 5 atom stereocenters. The van der Waals surface area contributed by atoms with Crippen LogP contribution in [0.15, 0.2) is 35.5 Å². The second-order valence-corrected chi connectivity index (χ2v) is 16.1. The summed E-state index contributed by atoms with van der Waals surface area (Å²) in [5.41, 5.74) is 17.8. The third-order valence-corrected chi connectivity index (χ3v) is 11.7. The summed E-state index contributed by atoms with van der Waals surface area (Å²) in [7, 11) is 2.45. The third kappa shape index (κ3) is 13.6. The van der Waals surface area contributed by atoms with E-state index in [4.69, 9.17) is 17.2 Å². The van der Waals surface area contributed by atoms with E-state index in [0.717, 1.165) is 10.9 Å². The minimum Gasteiger partial charge on any atom is -0.481 e. The van der Waals surface area contributed by atoms with E-state index in [2.05, 4.69) is 36.6 Å². The summed E-state index contributed by atoms with van der Waals surface area (Å²) in [4.78, 5) is 114. The number of benzene rings is 1. The topological polar surface area (TPSA) is 326 Å². The van der Waals surface area contributed by atoms with Crippen LogP contribution in [0.4, 0.5) is 0 Å². The first kappa shape index (κ1) is 44.2. The van der Waals surface area contributed by atoms with E-state index in [9.17, 15) is 43.5 Å². The third-order valence-electron chi connectivity index (χ3n) is 9.24. The molecule has 2 unspecified atom stereocenters. The predicted molar refractivity (Wildman–Crippen MR) is 213 cm³/mol. The Kier molecular flexibility index (Phi) is 16.8. The Balaban J connectivity index is 1.61. The molecular formula is C35H49N11O9S2. The maximum Gasteiger partial charge on any atom is 0.305 e. The van der Waals surface area contributed by atoms with Crippen LogP contribution in [-0.2, 0) is 44.8 Å². The highest BCUT2D eigenvalue weighted by Crippen LogP contribution is 2.25. The van der Waals surface area contributed by atoms with Crippen molar-refractivity contribution in [2.45, 2.75) is 81.6 Å². The van der Waals surface area contributed by atoms with Crippen LogP contribution in [-0.4, -0.2) is 130 Å². The summed E-state index contributed by atoms with van der Waals surface area (Å²) in [5, 5.41) is 23.1. The smallest absolute Gasteiger partial charge is 0.305 e. The number of unbranched alkanes of at least 4 members (excludes halogenated alkanes) is 1. The number of carbonyl (C=O) groups is 8. The quantitative estimate of drug-likeness (QED) is 0.0534. The van der Waals surface area contributed by atoms with E-state index in [1.165, 1.54) is 26.5 Å². The monoisotopic (exact) mass is 831 g/mol. The lowest BCUT2D eigenvalue weighted by Gasteiger charge is -2.30. The molecule has 1 aromatic carbocycles. The Bertz CT molecular complexity index is 1840. The SMILES string of the molecule is NC(=O)[C@@H]1CSSCCC(=O)N[C@@H](CCCCN=C(N)N)C(=O)NCC(=O)NC(CC(=O)O)C(=O)N[C@@H](Cc2c[nH]c3ccccc23)C(=O)N2CCCC2C(=O)N1. The number of para-hydroxylation sites is 1. The average molecular weight is 832 g/mol. The van der Waals surface area contributed by atoms with Crippen LogP contribution in [0.1, 0.15) is 50.5 Å². The lowest BCUT2D eigenvalue weighted by Crippen LogP contribution is -2.59. The van der Waals surface area contributed by atoms with Gasteiger partial charge in [-0.05, 0) is 43.7 Å². The Morgan fingerprint density at radius 2 is 1.63 bits per heavy atom. The zero-order valence-electron chi connectivity index (χ0n) is 31.1. The highest BCUT2D eigenvalue weighted by Gasteiger charge is 2.40. The van der Waals surface area contributed by atoms with E-state index < -0.39 is 90.5 Å². The molecule has 3 heterocycles. The second-order valence-electron chi connectivity index (χ2n) is 13.5. The number of hydrogen-bond donors (Lipinski definition) is 10. The fourth-order valence-corrected chi connectivity index (χ4v) is 8.56. The van der Waals surface area contributed by atoms with Crippen molar-refractivity contribution < 1.29 is 43.5 Å². The minimum atomic E-state index is -1.68. The molecule has 0 bridgehead atoms. The Morgan fingerprint density at radius 1 is 0.877 bits per heavy atom. The number of fused-ring (bicyclic) bond motifs is 2. The van der Waals surface area contributed by atoms with Gasteiger partial charge in [0.15, 0.2) is 5.96 Å². The molecule has 2 aliphatic heterocycles. The minimum absolute atomic E-state index is 0.0195. The molecule has 7 amide bonds. The lowest BCUT2D eigenvalue weighted by atomic mass is 10.0. The van der Waals surface area contributed by atoms with Crippen molar-refractivity contribution in [3.63, 3.8) is 0 Å². The van der Waals surface area contributed by atoms with E-state index >= 15 is 0 Å². The van der Waals surface area contributed by atoms with Crippen molar-refractivity contribution in [1.29, 1.82) is 0 Å². The van der Waals surface area contributed by atoms with E-state index in [1.54, 1.807) is 12.3 Å². The molecule has 0 aliphatic carbocycles. The van der Waals surface area contributed by atoms with Gasteiger partial charge in [-0.15, -0.1) is 0 Å². The first-order valence-corrected chi connectivity index (χ1v) is 20.9. The molecule has 2 aromatic rings. The van der Waals surface area contributed by atoms with Crippen LogP contribution in [0.2, 0.25) is 0 Å². The molecular weight excluding hydrogens is 783 g/mol. The van der Waals surface area contributed by atoms with Crippen LogP contribution in [0.5, 0.6) is 0 Å². The fraction of sp³-hybridized carbons (Fsp3) is 0.514. The van der Waals surface area contributed by atoms with Crippen molar-refractivity contribution in [2.75, 3.05) is 31.1 Å². The molecule has 13 N–H and O–H groups in total. The van der Waals surface area contributed by atoms with Crippen LogP contribution in [0.3, 0.4) is 0 Å². The highest BCUT2D eigenvalue weighted by atomic mass is 33.1. The number of amides is 7. The van der Waals surface area contributed by atoms with Crippen molar-refractivity contribution in [2.24, 2.45) is 22.2 Å². The van der Waals surface area contributed by atoms with Gasteiger partial charge in [-0.2, -0.15) is 0 Å². The number of aromatic amines is 1. The Hall–Kier alpha value is -5.51. The highest BCUT2D eigenvalue weighted by molar-refractivity contribution is 8.76. The zero-order chi connectivity index (χ0) is 41.5. The van der Waals surface area contributed by atoms with Crippen LogP contribution < -0.4 is 43.8 Å². The molecule has 0 saturated carbocycles. The molecule has 22 heteroatoms. The van der Waals surface area contributed by atoms with Gasteiger partial charge in [-0.1, -0.05) is 39.8 Å². The van der Waals surface area contributed by atoms with Crippen LogP contribution >= 0.6 is 21.6 Å². The van der Waals surface area contributed by atoms with E-state index in [-0.39, 0.29) is 56.2 Å². The number of guanidine groups is 1. The number of carboxylic acids is 1. The number of aliphatic carboxylic acids is 1. The van der Waals surface area contributed by atoms with Gasteiger partial charge in [-0.3, -0.25) is 43.3 Å². The summed E-state index contributed by atoms with van der Waals surface area (Å²) < 4.78 is 0. The van der Waals surface area contributed by atoms with Gasteiger partial charge in [0.1, 0.15) is 30.2 Å². The normalized spacial score (nSPS) is 23.6. The Labute approximate surface area is 335 Å². The molecule has 2 saturated heterocycles. The predicted octanol–water partition coefficient (Wildman–Crippen LogP) is -2.05. The van der Waals surface area contributed by atoms with E-state index in [1.807, 2.05) is 18.2 Å². The van der Waals surface area contributed by atoms with Crippen molar-refractivity contribution in [1.82, 2.24) is 36.5 Å². The van der Waals surface area contributed by atoms with Crippen molar-refractivity contribution in [3.05, 3.63) is 36.0 Å². The molecule has 2 aliphatic rings. The molecule has 4 rings (SSSR count). The summed E-state index contributed by atoms with van der Waals surface area (Å²) in [6.45, 7) is -0.233. The largest absolute Gasteiger partial charge is 0.481 e. The number of aliphatic imine (C=N–C) groups is 1. The number of carbonyl (C=O) groups excluding carboxylic acids is 7. The number of H-pyrrole nitrogens is 1. The zero-order valence-corrected chi connectivity index (χ0v) is 32.8. The first-order valence-electron chi connectivity index (χ1n) is 18.4. The number of hydrogen-bond acceptors (Lipinski definition) is 11. The van der Waals surface area contributed by atoms with Gasteiger partial charge in [0.05, 0.1) is 13.0 Å². The number of primary amides is 1. The van der Waals surface area contributed by atoms with Gasteiger partial charge >= 0.3 is 5.97 Å². The number of nitrogens with two attached hydrogens (primary N) is 3. The first-order chi connectivity index (χ1) is 27.2. The molecule has 20 nitrogen and oxygen atoms in total. The second kappa shape index (κ2) is 21.7.